The standard InChI is InChI=1S/C44H53Cl2N5O3Si/c1-26-21-32(22-27(2)41(26)46)54-18-12-13-33-34-16-17-36(45)40(39-30(5)47-48(7)31(39)6)42(34)51-29(4)24-49(44(52)43(33)51)37-14-11-15-38-35(37)23-28(3)50(38)25-53-19-20-55(8,9)10/h11,14-17,21-23,29H,12-13,18-20,24-25H2,1-10H3/t29-/m1/s1. The van der Waals surface area contributed by atoms with Crippen LogP contribution in [0, 0.1) is 34.6 Å². The zero-order valence-electron chi connectivity index (χ0n) is 33.9. The molecule has 4 heterocycles. The molecule has 11 heteroatoms. The fourth-order valence-electron chi connectivity index (χ4n) is 8.28. The highest BCUT2D eigenvalue weighted by Crippen LogP contribution is 2.45. The lowest BCUT2D eigenvalue weighted by Crippen LogP contribution is -2.42. The summed E-state index contributed by atoms with van der Waals surface area (Å²) in [6.45, 7) is 21.8. The summed E-state index contributed by atoms with van der Waals surface area (Å²) in [5, 5.41) is 8.25. The molecule has 0 saturated carbocycles. The number of aryl methyl sites for hydroxylation is 6. The predicted octanol–water partition coefficient (Wildman–Crippen LogP) is 11.4. The fourth-order valence-corrected chi connectivity index (χ4v) is 9.39. The van der Waals surface area contributed by atoms with Gasteiger partial charge in [-0.15, -0.1) is 0 Å². The largest absolute Gasteiger partial charge is 0.494 e. The van der Waals surface area contributed by atoms with Gasteiger partial charge in [-0.3, -0.25) is 9.48 Å². The second-order valence-corrected chi connectivity index (χ2v) is 23.0. The van der Waals surface area contributed by atoms with E-state index in [1.807, 2.05) is 55.6 Å². The van der Waals surface area contributed by atoms with Gasteiger partial charge in [-0.05, 0) is 114 Å². The molecule has 0 fully saturated rings. The van der Waals surface area contributed by atoms with Crippen LogP contribution in [-0.2, 0) is 24.9 Å². The number of aromatic nitrogens is 4. The number of halogens is 2. The third kappa shape index (κ3) is 7.25. The van der Waals surface area contributed by atoms with Crippen LogP contribution in [0.2, 0.25) is 35.7 Å². The smallest absolute Gasteiger partial charge is 0.275 e. The van der Waals surface area contributed by atoms with Crippen molar-refractivity contribution in [3.05, 3.63) is 98.0 Å². The van der Waals surface area contributed by atoms with Crippen LogP contribution in [0.3, 0.4) is 0 Å². The van der Waals surface area contributed by atoms with Crippen molar-refractivity contribution < 1.29 is 14.3 Å². The minimum absolute atomic E-state index is 0.0137. The highest BCUT2D eigenvalue weighted by Gasteiger charge is 2.37. The highest BCUT2D eigenvalue weighted by molar-refractivity contribution is 6.76. The van der Waals surface area contributed by atoms with E-state index in [4.69, 9.17) is 37.8 Å². The van der Waals surface area contributed by atoms with Crippen LogP contribution in [0.15, 0.2) is 48.5 Å². The first-order valence-electron chi connectivity index (χ1n) is 19.3. The maximum absolute atomic E-state index is 15.2. The number of benzene rings is 3. The van der Waals surface area contributed by atoms with Gasteiger partial charge in [-0.1, -0.05) is 55.0 Å². The fraction of sp³-hybridized carbons (Fsp3) is 0.409. The Bertz CT molecular complexity index is 2430. The number of nitrogens with zero attached hydrogens (tertiary/aromatic N) is 5. The van der Waals surface area contributed by atoms with Crippen LogP contribution in [0.1, 0.15) is 63.6 Å². The van der Waals surface area contributed by atoms with E-state index in [2.05, 4.69) is 79.9 Å². The Hall–Kier alpha value is -4.02. The van der Waals surface area contributed by atoms with Crippen molar-refractivity contribution >= 4 is 64.7 Å². The average Bonchev–Trinajstić information content (AvgIpc) is 3.72. The molecule has 0 unspecified atom stereocenters. The van der Waals surface area contributed by atoms with Crippen LogP contribution in [0.4, 0.5) is 5.69 Å². The average molecular weight is 799 g/mol. The van der Waals surface area contributed by atoms with Crippen LogP contribution >= 0.6 is 23.2 Å². The third-order valence-electron chi connectivity index (χ3n) is 11.2. The molecule has 1 aliphatic rings. The van der Waals surface area contributed by atoms with Gasteiger partial charge in [0, 0.05) is 72.6 Å². The Morgan fingerprint density at radius 2 is 1.65 bits per heavy atom. The molecule has 1 amide bonds. The number of rotatable bonds is 12. The molecule has 3 aromatic heterocycles. The number of anilines is 1. The number of fused-ring (bicyclic) bond motifs is 4. The van der Waals surface area contributed by atoms with Crippen molar-refractivity contribution in [1.29, 1.82) is 0 Å². The predicted molar refractivity (Wildman–Crippen MR) is 231 cm³/mol. The van der Waals surface area contributed by atoms with Gasteiger partial charge in [-0.2, -0.15) is 5.10 Å². The van der Waals surface area contributed by atoms with E-state index in [1.165, 1.54) is 0 Å². The van der Waals surface area contributed by atoms with Crippen molar-refractivity contribution in [2.24, 2.45) is 7.05 Å². The van der Waals surface area contributed by atoms with E-state index in [-0.39, 0.29) is 11.9 Å². The Labute approximate surface area is 335 Å². The summed E-state index contributed by atoms with van der Waals surface area (Å²) < 4.78 is 18.9. The molecular weight excluding hydrogens is 746 g/mol. The van der Waals surface area contributed by atoms with Crippen molar-refractivity contribution in [1.82, 2.24) is 18.9 Å². The molecule has 0 radical (unpaired) electrons. The maximum atomic E-state index is 15.2. The Balaban J connectivity index is 1.31. The maximum Gasteiger partial charge on any atom is 0.275 e. The third-order valence-corrected chi connectivity index (χ3v) is 13.8. The summed E-state index contributed by atoms with van der Waals surface area (Å²) in [4.78, 5) is 17.2. The number of carbonyl (C=O) groups excluding carboxylic acids is 1. The van der Waals surface area contributed by atoms with Crippen molar-refractivity contribution in [2.45, 2.75) is 92.8 Å². The lowest BCUT2D eigenvalue weighted by Gasteiger charge is -2.34. The second kappa shape index (κ2) is 15.1. The van der Waals surface area contributed by atoms with Gasteiger partial charge in [0.25, 0.3) is 5.91 Å². The molecule has 0 bridgehead atoms. The first kappa shape index (κ1) is 39.2. The zero-order chi connectivity index (χ0) is 39.5. The molecule has 290 valence electrons. The summed E-state index contributed by atoms with van der Waals surface area (Å²) in [5.74, 6) is 0.785. The number of ether oxygens (including phenoxy) is 2. The zero-order valence-corrected chi connectivity index (χ0v) is 36.4. The van der Waals surface area contributed by atoms with E-state index < -0.39 is 8.07 Å². The SMILES string of the molecule is Cc1cc(OCCCc2c3n(c4c(-c5c(C)nn(C)c5C)c(Cl)ccc24)[C@H](C)CN(c2cccc4c2cc(C)n4COCC[Si](C)(C)C)C3=O)cc(C)c1Cl. The van der Waals surface area contributed by atoms with E-state index in [0.29, 0.717) is 43.4 Å². The molecule has 8 nitrogen and oxygen atoms in total. The summed E-state index contributed by atoms with van der Waals surface area (Å²) in [6, 6.07) is 17.6. The summed E-state index contributed by atoms with van der Waals surface area (Å²) in [5.41, 5.74) is 11.6. The van der Waals surface area contributed by atoms with Gasteiger partial charge >= 0.3 is 0 Å². The number of carbonyl (C=O) groups is 1. The Kier molecular flexibility index (Phi) is 10.8. The van der Waals surface area contributed by atoms with E-state index in [1.54, 1.807) is 0 Å². The Morgan fingerprint density at radius 1 is 0.927 bits per heavy atom. The van der Waals surface area contributed by atoms with Crippen molar-refractivity contribution in [3.8, 4) is 16.9 Å². The number of amides is 1. The molecule has 1 aliphatic heterocycles. The minimum Gasteiger partial charge on any atom is -0.494 e. The molecule has 7 rings (SSSR count). The van der Waals surface area contributed by atoms with Crippen LogP contribution < -0.4 is 9.64 Å². The van der Waals surface area contributed by atoms with Gasteiger partial charge < -0.3 is 23.5 Å². The van der Waals surface area contributed by atoms with Crippen molar-refractivity contribution in [3.63, 3.8) is 0 Å². The van der Waals surface area contributed by atoms with Gasteiger partial charge in [-0.25, -0.2) is 0 Å². The summed E-state index contributed by atoms with van der Waals surface area (Å²) in [6.07, 6.45) is 1.37. The Morgan fingerprint density at radius 3 is 2.33 bits per heavy atom. The molecule has 0 spiro atoms. The molecule has 55 heavy (non-hydrogen) atoms. The van der Waals surface area contributed by atoms with E-state index in [9.17, 15) is 0 Å². The lowest BCUT2D eigenvalue weighted by molar-refractivity contribution is 0.0890. The lowest BCUT2D eigenvalue weighted by atomic mass is 9.98. The second-order valence-electron chi connectivity index (χ2n) is 16.5. The molecule has 1 atom stereocenters. The topological polar surface area (TPSA) is 66.4 Å². The summed E-state index contributed by atoms with van der Waals surface area (Å²) in [7, 11) is 0.755. The molecule has 0 N–H and O–H groups in total. The van der Waals surface area contributed by atoms with Crippen LogP contribution in [0.5, 0.6) is 5.75 Å². The van der Waals surface area contributed by atoms with Gasteiger partial charge in [0.05, 0.1) is 34.0 Å². The quantitative estimate of drug-likeness (QED) is 0.0913. The summed E-state index contributed by atoms with van der Waals surface area (Å²) >= 11 is 13.6. The molecule has 3 aromatic carbocycles. The van der Waals surface area contributed by atoms with Crippen molar-refractivity contribution in [2.75, 3.05) is 24.7 Å². The molecular formula is C44H53Cl2N5O3Si. The normalized spacial score (nSPS) is 14.8. The van der Waals surface area contributed by atoms with Gasteiger partial charge in [0.15, 0.2) is 0 Å². The minimum atomic E-state index is -1.21. The first-order chi connectivity index (χ1) is 26.1. The first-order valence-corrected chi connectivity index (χ1v) is 23.8. The van der Waals surface area contributed by atoms with Crippen LogP contribution in [-0.4, -0.2) is 52.7 Å². The van der Waals surface area contributed by atoms with E-state index >= 15 is 4.79 Å². The molecule has 0 aliphatic carbocycles. The van der Waals surface area contributed by atoms with E-state index in [0.717, 1.165) is 95.8 Å². The van der Waals surface area contributed by atoms with Gasteiger partial charge in [0.1, 0.15) is 18.2 Å². The number of hydrogen-bond acceptors (Lipinski definition) is 4. The molecule has 6 aromatic rings. The highest BCUT2D eigenvalue weighted by atomic mass is 35.5. The molecule has 0 saturated heterocycles. The van der Waals surface area contributed by atoms with Crippen LogP contribution in [0.25, 0.3) is 32.9 Å². The number of hydrogen-bond donors (Lipinski definition) is 0. The van der Waals surface area contributed by atoms with Gasteiger partial charge in [0.2, 0.25) is 0 Å². The monoisotopic (exact) mass is 797 g/mol.